The zero-order valence-electron chi connectivity index (χ0n) is 19.8. The van der Waals surface area contributed by atoms with Gasteiger partial charge in [0.25, 0.3) is 5.91 Å². The van der Waals surface area contributed by atoms with Crippen LogP contribution < -0.4 is 5.32 Å². The van der Waals surface area contributed by atoms with Crippen LogP contribution in [0.15, 0.2) is 48.5 Å². The van der Waals surface area contributed by atoms with Gasteiger partial charge in [0.1, 0.15) is 11.8 Å². The van der Waals surface area contributed by atoms with E-state index in [-0.39, 0.29) is 12.3 Å². The first-order valence-corrected chi connectivity index (χ1v) is 11.1. The molecule has 5 aromatic rings. The lowest BCUT2D eigenvalue weighted by Crippen LogP contribution is -2.53. The van der Waals surface area contributed by atoms with Gasteiger partial charge in [-0.05, 0) is 24.6 Å². The van der Waals surface area contributed by atoms with Crippen LogP contribution in [0.2, 0.25) is 0 Å². The molecule has 33 heavy (non-hydrogen) atoms. The Balaban J connectivity index is 1.77. The van der Waals surface area contributed by atoms with Crippen LogP contribution in [0.1, 0.15) is 38.2 Å². The number of hydrogen-bond donors (Lipinski definition) is 3. The van der Waals surface area contributed by atoms with E-state index in [9.17, 15) is 15.0 Å². The zero-order valence-corrected chi connectivity index (χ0v) is 17.8. The van der Waals surface area contributed by atoms with E-state index in [1.54, 1.807) is 31.2 Å². The summed E-state index contributed by atoms with van der Waals surface area (Å²) < 4.78 is 27.2. The first-order chi connectivity index (χ1) is 16.8. The van der Waals surface area contributed by atoms with Crippen molar-refractivity contribution in [3.8, 4) is 0 Å². The number of aliphatic hydroxyl groups excluding tert-OH is 1. The third-order valence-electron chi connectivity index (χ3n) is 8.11. The van der Waals surface area contributed by atoms with Crippen molar-refractivity contribution in [2.75, 3.05) is 6.61 Å². The van der Waals surface area contributed by atoms with Crippen molar-refractivity contribution in [1.82, 2.24) is 14.5 Å². The molecule has 3 aromatic carbocycles. The molecule has 0 radical (unpaired) electrons. The van der Waals surface area contributed by atoms with E-state index in [1.165, 1.54) is 0 Å². The molecule has 7 heteroatoms. The molecule has 0 aliphatic carbocycles. The molecule has 3 aliphatic heterocycles. The summed E-state index contributed by atoms with van der Waals surface area (Å²) >= 11 is 0. The van der Waals surface area contributed by atoms with Crippen molar-refractivity contribution in [1.29, 1.82) is 0 Å². The predicted molar refractivity (Wildman–Crippen MR) is 124 cm³/mol. The monoisotopic (exact) mass is 441 g/mol. The molecule has 2 bridgehead atoms. The number of aliphatic hydroxyl groups is 2. The number of aromatic nitrogens is 2. The third-order valence-corrected chi connectivity index (χ3v) is 8.11. The molecule has 0 unspecified atom stereocenters. The van der Waals surface area contributed by atoms with E-state index in [4.69, 9.17) is 7.48 Å². The summed E-state index contributed by atoms with van der Waals surface area (Å²) in [6.07, 6.45) is -0.438. The number of ether oxygens (including phenoxy) is 1. The molecular weight excluding hydrogens is 418 g/mol. The topological polar surface area (TPSA) is 88.7 Å². The van der Waals surface area contributed by atoms with E-state index in [2.05, 4.69) is 5.32 Å². The Morgan fingerprint density at radius 1 is 1.15 bits per heavy atom. The Kier molecular flexibility index (Phi) is 2.66. The SMILES string of the molecule is [2H]c1ccc2c(c1)c1c3c(c4c5cc([2H])ccc5n5c4c1n2[C@H]1C[C@](O)(CO)[C@]5(C)O1)CNC3=O. The second-order valence-corrected chi connectivity index (χ2v) is 9.52. The van der Waals surface area contributed by atoms with Gasteiger partial charge in [-0.2, -0.15) is 0 Å². The summed E-state index contributed by atoms with van der Waals surface area (Å²) in [5.74, 6) is -0.160. The Labute approximate surface area is 190 Å². The molecule has 1 saturated heterocycles. The molecule has 8 rings (SSSR count). The van der Waals surface area contributed by atoms with Crippen molar-refractivity contribution >= 4 is 49.5 Å². The fourth-order valence-corrected chi connectivity index (χ4v) is 6.61. The summed E-state index contributed by atoms with van der Waals surface area (Å²) in [6, 6.07) is 11.4. The molecule has 7 nitrogen and oxygen atoms in total. The van der Waals surface area contributed by atoms with Crippen LogP contribution in [0.4, 0.5) is 0 Å². The predicted octanol–water partition coefficient (Wildman–Crippen LogP) is 3.47. The van der Waals surface area contributed by atoms with Crippen molar-refractivity contribution < 1.29 is 22.5 Å². The second kappa shape index (κ2) is 5.39. The molecule has 3 aliphatic rings. The summed E-state index contributed by atoms with van der Waals surface area (Å²) in [5, 5.41) is 28.4. The largest absolute Gasteiger partial charge is 0.393 e. The zero-order chi connectivity index (χ0) is 24.0. The molecule has 3 N–H and O–H groups in total. The first-order valence-electron chi connectivity index (χ1n) is 12.1. The number of hydrogen-bond acceptors (Lipinski definition) is 4. The number of fused-ring (bicyclic) bond motifs is 13. The maximum atomic E-state index is 13.2. The van der Waals surface area contributed by atoms with Crippen LogP contribution in [-0.4, -0.2) is 37.5 Å². The van der Waals surface area contributed by atoms with Crippen LogP contribution in [0.5, 0.6) is 0 Å². The fourth-order valence-electron chi connectivity index (χ4n) is 6.61. The number of amides is 1. The van der Waals surface area contributed by atoms with Crippen molar-refractivity contribution in [2.24, 2.45) is 0 Å². The highest BCUT2D eigenvalue weighted by atomic mass is 16.6. The molecular formula is C26H21N3O4. The lowest BCUT2D eigenvalue weighted by Gasteiger charge is -2.38. The van der Waals surface area contributed by atoms with Gasteiger partial charge in [0, 0.05) is 34.5 Å². The van der Waals surface area contributed by atoms with Crippen LogP contribution in [0.3, 0.4) is 0 Å². The average Bonchev–Trinajstić information content (AvgIpc) is 3.51. The molecule has 0 spiro atoms. The molecule has 164 valence electrons. The summed E-state index contributed by atoms with van der Waals surface area (Å²) in [7, 11) is 0. The minimum absolute atomic E-state index is 0.155. The van der Waals surface area contributed by atoms with Crippen molar-refractivity contribution in [2.45, 2.75) is 37.4 Å². The van der Waals surface area contributed by atoms with E-state index < -0.39 is 24.2 Å². The first kappa shape index (κ1) is 16.3. The summed E-state index contributed by atoms with van der Waals surface area (Å²) in [5.41, 5.74) is 1.75. The van der Waals surface area contributed by atoms with Crippen LogP contribution in [-0.2, 0) is 17.0 Å². The normalized spacial score (nSPS) is 28.7. The summed E-state index contributed by atoms with van der Waals surface area (Å²) in [6.45, 7) is 1.66. The average molecular weight is 441 g/mol. The number of nitrogens with zero attached hydrogens (tertiary/aromatic N) is 2. The minimum Gasteiger partial charge on any atom is -0.393 e. The third kappa shape index (κ3) is 1.75. The van der Waals surface area contributed by atoms with Crippen LogP contribution in [0, 0.1) is 0 Å². The minimum atomic E-state index is -1.57. The smallest absolute Gasteiger partial charge is 0.252 e. The van der Waals surface area contributed by atoms with Gasteiger partial charge in [-0.25, -0.2) is 0 Å². The number of para-hydroxylation sites is 2. The van der Waals surface area contributed by atoms with Crippen LogP contribution >= 0.6 is 0 Å². The Morgan fingerprint density at radius 3 is 2.64 bits per heavy atom. The molecule has 1 fully saturated rings. The Morgan fingerprint density at radius 2 is 1.88 bits per heavy atom. The molecule has 5 heterocycles. The number of nitrogens with one attached hydrogen (secondary N) is 1. The molecule has 1 amide bonds. The molecule has 2 aromatic heterocycles. The fraction of sp³-hybridized carbons (Fsp3) is 0.269. The van der Waals surface area contributed by atoms with Gasteiger partial charge in [-0.1, -0.05) is 36.4 Å². The Hall–Kier alpha value is -3.39. The summed E-state index contributed by atoms with van der Waals surface area (Å²) in [4.78, 5) is 13.2. The highest BCUT2D eigenvalue weighted by molar-refractivity contribution is 6.31. The van der Waals surface area contributed by atoms with Gasteiger partial charge >= 0.3 is 0 Å². The van der Waals surface area contributed by atoms with Crippen molar-refractivity contribution in [3.63, 3.8) is 0 Å². The number of carbonyl (C=O) groups excluding carboxylic acids is 1. The van der Waals surface area contributed by atoms with Gasteiger partial charge < -0.3 is 29.4 Å². The van der Waals surface area contributed by atoms with Gasteiger partial charge in [-0.3, -0.25) is 4.79 Å². The second-order valence-electron chi connectivity index (χ2n) is 9.52. The number of carbonyl (C=O) groups is 1. The van der Waals surface area contributed by atoms with Crippen molar-refractivity contribution in [3.05, 3.63) is 59.6 Å². The molecule has 0 saturated carbocycles. The highest BCUT2D eigenvalue weighted by Gasteiger charge is 2.60. The maximum absolute atomic E-state index is 13.2. The molecule has 3 atom stereocenters. The van der Waals surface area contributed by atoms with Crippen LogP contribution in [0.25, 0.3) is 43.6 Å². The van der Waals surface area contributed by atoms with Gasteiger partial charge in [0.2, 0.25) is 0 Å². The maximum Gasteiger partial charge on any atom is 0.252 e. The highest BCUT2D eigenvalue weighted by Crippen LogP contribution is 2.57. The van der Waals surface area contributed by atoms with E-state index in [0.717, 1.165) is 49.2 Å². The van der Waals surface area contributed by atoms with E-state index >= 15 is 0 Å². The lowest BCUT2D eigenvalue weighted by atomic mass is 9.89. The van der Waals surface area contributed by atoms with E-state index in [1.807, 2.05) is 21.3 Å². The standard InChI is InChI=1S/C26H21N3O4/c1-25-26(32,12-30)10-18(33-25)28-16-8-4-2-6-13(16)20-21-15(11-27-24(21)31)19-14-7-3-5-9-17(14)29(25)23(19)22(20)28/h2-9,18,30,32H,10-12H2,1H3,(H,27,31)/t18-,25+,26+/m1/s1/i2D,3D. The number of benzene rings is 3. The quantitative estimate of drug-likeness (QED) is 0.372. The Bertz CT molecular complexity index is 1840. The van der Waals surface area contributed by atoms with Gasteiger partial charge in [-0.15, -0.1) is 0 Å². The van der Waals surface area contributed by atoms with E-state index in [0.29, 0.717) is 24.2 Å². The number of rotatable bonds is 1. The van der Waals surface area contributed by atoms with Gasteiger partial charge in [0.15, 0.2) is 5.72 Å². The van der Waals surface area contributed by atoms with Gasteiger partial charge in [0.05, 0.1) is 37.0 Å². The lowest BCUT2D eigenvalue weighted by molar-refractivity contribution is -0.189.